The molecule has 0 bridgehead atoms. The van der Waals surface area contributed by atoms with Gasteiger partial charge in [-0.15, -0.1) is 0 Å². The summed E-state index contributed by atoms with van der Waals surface area (Å²) >= 11 is 0. The van der Waals surface area contributed by atoms with Crippen molar-refractivity contribution in [1.82, 2.24) is 20.0 Å². The van der Waals surface area contributed by atoms with Crippen molar-refractivity contribution in [3.05, 3.63) is 23.7 Å². The maximum Gasteiger partial charge on any atom is 0.274 e. The summed E-state index contributed by atoms with van der Waals surface area (Å²) < 4.78 is 5.19. The van der Waals surface area contributed by atoms with Crippen LogP contribution in [0.25, 0.3) is 11.6 Å². The summed E-state index contributed by atoms with van der Waals surface area (Å²) in [6.45, 7) is 7.22. The van der Waals surface area contributed by atoms with Crippen LogP contribution in [0.5, 0.6) is 0 Å². The molecule has 0 aliphatic rings. The van der Waals surface area contributed by atoms with E-state index < -0.39 is 0 Å². The maximum absolute atomic E-state index is 8.75. The first-order valence-electron chi connectivity index (χ1n) is 6.41. The lowest BCUT2D eigenvalue weighted by Crippen LogP contribution is -2.25. The fourth-order valence-electron chi connectivity index (χ4n) is 1.85. The van der Waals surface area contributed by atoms with Crippen LogP contribution < -0.4 is 0 Å². The smallest absolute Gasteiger partial charge is 0.274 e. The first kappa shape index (κ1) is 13.3. The zero-order chi connectivity index (χ0) is 13.7. The minimum absolute atomic E-state index is 0.427. The van der Waals surface area contributed by atoms with Crippen LogP contribution in [0.2, 0.25) is 0 Å². The number of rotatable bonds is 6. The van der Waals surface area contributed by atoms with Crippen molar-refractivity contribution in [3.8, 4) is 17.7 Å². The molecule has 19 heavy (non-hydrogen) atoms. The van der Waals surface area contributed by atoms with E-state index in [1.54, 1.807) is 12.1 Å². The summed E-state index contributed by atoms with van der Waals surface area (Å²) in [5, 5.41) is 12.7. The fraction of sp³-hybridized carbons (Fsp3) is 0.462. The van der Waals surface area contributed by atoms with Crippen LogP contribution in [0.3, 0.4) is 0 Å². The van der Waals surface area contributed by atoms with Crippen molar-refractivity contribution in [3.63, 3.8) is 0 Å². The largest absolute Gasteiger partial charge is 0.342 e. The van der Waals surface area contributed by atoms with Gasteiger partial charge in [-0.3, -0.25) is 0 Å². The minimum atomic E-state index is 0.427. The summed E-state index contributed by atoms with van der Waals surface area (Å²) in [7, 11) is 0. The van der Waals surface area contributed by atoms with Crippen LogP contribution in [0.15, 0.2) is 16.7 Å². The highest BCUT2D eigenvalue weighted by molar-refractivity contribution is 5.49. The van der Waals surface area contributed by atoms with Crippen LogP contribution in [0, 0.1) is 11.3 Å². The Morgan fingerprint density at radius 3 is 2.79 bits per heavy atom. The van der Waals surface area contributed by atoms with Crippen molar-refractivity contribution >= 4 is 0 Å². The molecule has 100 valence electrons. The minimum Gasteiger partial charge on any atom is -0.342 e. The molecule has 0 saturated carbocycles. The lowest BCUT2D eigenvalue weighted by atomic mass is 10.3. The summed E-state index contributed by atoms with van der Waals surface area (Å²) in [5.41, 5.74) is 1.16. The molecule has 6 heteroatoms. The number of H-pyrrole nitrogens is 1. The number of hydrogen-bond acceptors (Lipinski definition) is 5. The van der Waals surface area contributed by atoms with Crippen LogP contribution in [0.4, 0.5) is 0 Å². The van der Waals surface area contributed by atoms with Crippen molar-refractivity contribution < 1.29 is 4.52 Å². The fourth-order valence-corrected chi connectivity index (χ4v) is 1.85. The maximum atomic E-state index is 8.75. The third kappa shape index (κ3) is 3.20. The van der Waals surface area contributed by atoms with Gasteiger partial charge in [0.1, 0.15) is 17.5 Å². The standard InChI is InChI=1S/C13H17N5O/c1-3-18(4-2)8-7-12-16-13(19-17-12)11-6-5-10(9-14)15-11/h5-6,15H,3-4,7-8H2,1-2H3. The van der Waals surface area contributed by atoms with E-state index in [0.717, 1.165) is 26.1 Å². The van der Waals surface area contributed by atoms with E-state index in [0.29, 0.717) is 23.1 Å². The lowest BCUT2D eigenvalue weighted by Gasteiger charge is -2.16. The van der Waals surface area contributed by atoms with Crippen molar-refractivity contribution in [2.24, 2.45) is 0 Å². The van der Waals surface area contributed by atoms with E-state index in [1.807, 2.05) is 6.07 Å². The Morgan fingerprint density at radius 2 is 2.16 bits per heavy atom. The Bertz CT molecular complexity index is 562. The molecule has 2 aromatic heterocycles. The van der Waals surface area contributed by atoms with E-state index in [-0.39, 0.29) is 0 Å². The lowest BCUT2D eigenvalue weighted by molar-refractivity contribution is 0.303. The number of aromatic nitrogens is 3. The van der Waals surface area contributed by atoms with Gasteiger partial charge >= 0.3 is 0 Å². The molecule has 0 aliphatic heterocycles. The normalized spacial score (nSPS) is 10.8. The van der Waals surface area contributed by atoms with Gasteiger partial charge in [-0.2, -0.15) is 10.2 Å². The van der Waals surface area contributed by atoms with Crippen molar-refractivity contribution in [2.75, 3.05) is 19.6 Å². The Morgan fingerprint density at radius 1 is 1.37 bits per heavy atom. The van der Waals surface area contributed by atoms with Crippen molar-refractivity contribution in [2.45, 2.75) is 20.3 Å². The quantitative estimate of drug-likeness (QED) is 0.855. The van der Waals surface area contributed by atoms with E-state index in [2.05, 4.69) is 33.9 Å². The highest BCUT2D eigenvalue weighted by Crippen LogP contribution is 2.16. The van der Waals surface area contributed by atoms with Gasteiger partial charge in [-0.05, 0) is 25.2 Å². The zero-order valence-electron chi connectivity index (χ0n) is 11.2. The van der Waals surface area contributed by atoms with E-state index in [4.69, 9.17) is 9.78 Å². The highest BCUT2D eigenvalue weighted by Gasteiger charge is 2.11. The first-order valence-corrected chi connectivity index (χ1v) is 6.41. The Labute approximate surface area is 112 Å². The molecule has 0 spiro atoms. The molecule has 0 saturated heterocycles. The predicted molar refractivity (Wildman–Crippen MR) is 70.3 cm³/mol. The Balaban J connectivity index is 2.01. The third-order valence-corrected chi connectivity index (χ3v) is 3.05. The summed E-state index contributed by atoms with van der Waals surface area (Å²) in [6.07, 6.45) is 0.761. The van der Waals surface area contributed by atoms with Crippen LogP contribution in [-0.2, 0) is 6.42 Å². The molecule has 0 aliphatic carbocycles. The van der Waals surface area contributed by atoms with Gasteiger partial charge in [-0.1, -0.05) is 19.0 Å². The molecule has 2 heterocycles. The first-order chi connectivity index (χ1) is 9.26. The molecule has 0 aromatic carbocycles. The molecule has 2 rings (SSSR count). The van der Waals surface area contributed by atoms with E-state index >= 15 is 0 Å². The van der Waals surface area contributed by atoms with Crippen LogP contribution in [0.1, 0.15) is 25.4 Å². The van der Waals surface area contributed by atoms with E-state index in [1.165, 1.54) is 0 Å². The van der Waals surface area contributed by atoms with Gasteiger partial charge in [0.05, 0.1) is 0 Å². The van der Waals surface area contributed by atoms with Gasteiger partial charge in [0, 0.05) is 13.0 Å². The second kappa shape index (κ2) is 6.16. The topological polar surface area (TPSA) is 81.7 Å². The molecular formula is C13H17N5O. The molecule has 0 radical (unpaired) electrons. The van der Waals surface area contributed by atoms with Crippen LogP contribution in [-0.4, -0.2) is 39.7 Å². The SMILES string of the molecule is CCN(CC)CCc1noc(-c2ccc(C#N)[nH]2)n1. The molecule has 2 aromatic rings. The number of aromatic amines is 1. The highest BCUT2D eigenvalue weighted by atomic mass is 16.5. The summed E-state index contributed by atoms with van der Waals surface area (Å²) in [4.78, 5) is 9.54. The average Bonchev–Trinajstić information content (AvgIpc) is 3.08. The third-order valence-electron chi connectivity index (χ3n) is 3.05. The van der Waals surface area contributed by atoms with Crippen molar-refractivity contribution in [1.29, 1.82) is 5.26 Å². The zero-order valence-corrected chi connectivity index (χ0v) is 11.2. The summed E-state index contributed by atoms with van der Waals surface area (Å²) in [5.74, 6) is 1.12. The second-order valence-electron chi connectivity index (χ2n) is 4.19. The van der Waals surface area contributed by atoms with Gasteiger partial charge < -0.3 is 14.4 Å². The van der Waals surface area contributed by atoms with Gasteiger partial charge in [-0.25, -0.2) is 0 Å². The molecule has 0 atom stereocenters. The molecule has 0 amide bonds. The van der Waals surface area contributed by atoms with Gasteiger partial charge in [0.2, 0.25) is 0 Å². The number of nitrogens with one attached hydrogen (secondary N) is 1. The average molecular weight is 259 g/mol. The number of likely N-dealkylation sites (N-methyl/N-ethyl adjacent to an activating group) is 1. The molecule has 0 fully saturated rings. The monoisotopic (exact) mass is 259 g/mol. The molecular weight excluding hydrogens is 242 g/mol. The Kier molecular flexibility index (Phi) is 4.31. The van der Waals surface area contributed by atoms with Gasteiger partial charge in [0.25, 0.3) is 5.89 Å². The molecule has 0 unspecified atom stereocenters. The summed E-state index contributed by atoms with van der Waals surface area (Å²) in [6, 6.07) is 5.48. The predicted octanol–water partition coefficient (Wildman–Crippen LogP) is 1.82. The second-order valence-corrected chi connectivity index (χ2v) is 4.19. The number of nitrogens with zero attached hydrogens (tertiary/aromatic N) is 4. The number of nitriles is 1. The molecule has 6 nitrogen and oxygen atoms in total. The molecule has 1 N–H and O–H groups in total. The van der Waals surface area contributed by atoms with Gasteiger partial charge in [0.15, 0.2) is 5.82 Å². The number of hydrogen-bond donors (Lipinski definition) is 1. The van der Waals surface area contributed by atoms with E-state index in [9.17, 15) is 0 Å². The Hall–Kier alpha value is -2.13. The van der Waals surface area contributed by atoms with Crippen LogP contribution >= 0.6 is 0 Å².